The topological polar surface area (TPSA) is 69.0 Å². The monoisotopic (exact) mass is 357 g/mol. The zero-order chi connectivity index (χ0) is 18.7. The fourth-order valence-corrected chi connectivity index (χ4v) is 2.74. The lowest BCUT2D eigenvalue weighted by atomic mass is 10.0. The van der Waals surface area contributed by atoms with Crippen molar-refractivity contribution >= 4 is 5.91 Å². The van der Waals surface area contributed by atoms with Crippen molar-refractivity contribution in [3.05, 3.63) is 58.1 Å². The molecule has 3 rings (SSSR count). The molecule has 0 radical (unpaired) electrons. The summed E-state index contributed by atoms with van der Waals surface area (Å²) in [5.41, 5.74) is 0.792. The molecule has 0 aliphatic carbocycles. The summed E-state index contributed by atoms with van der Waals surface area (Å²) in [5.74, 6) is 2.03. The van der Waals surface area contributed by atoms with Crippen molar-refractivity contribution in [1.29, 1.82) is 0 Å². The number of aryl methyl sites for hydroxylation is 1. The quantitative estimate of drug-likeness (QED) is 0.795. The standard InChI is InChI=1S/C20H23NO5/c1-13(2)15-4-6-16(7-5-15)24-12-19(22)21-10-18(11-21)26-17-8-14(3)25-20(23)9-17/h4-9,13,18H,10-12H2,1-3H3. The first-order valence-corrected chi connectivity index (χ1v) is 8.69. The van der Waals surface area contributed by atoms with E-state index in [2.05, 4.69) is 13.8 Å². The summed E-state index contributed by atoms with van der Waals surface area (Å²) in [7, 11) is 0. The first-order chi connectivity index (χ1) is 12.4. The lowest BCUT2D eigenvalue weighted by Crippen LogP contribution is -2.57. The van der Waals surface area contributed by atoms with Gasteiger partial charge in [0.15, 0.2) is 6.61 Å². The number of nitrogens with zero attached hydrogens (tertiary/aromatic N) is 1. The number of hydrogen-bond acceptors (Lipinski definition) is 5. The summed E-state index contributed by atoms with van der Waals surface area (Å²) in [6.45, 7) is 6.91. The number of ether oxygens (including phenoxy) is 2. The van der Waals surface area contributed by atoms with Crippen LogP contribution in [0.25, 0.3) is 0 Å². The number of likely N-dealkylation sites (tertiary alicyclic amines) is 1. The lowest BCUT2D eigenvalue weighted by Gasteiger charge is -2.38. The van der Waals surface area contributed by atoms with Gasteiger partial charge in [0.2, 0.25) is 0 Å². The molecule has 26 heavy (non-hydrogen) atoms. The smallest absolute Gasteiger partial charge is 0.339 e. The number of carbonyl (C=O) groups excluding carboxylic acids is 1. The lowest BCUT2D eigenvalue weighted by molar-refractivity contribution is -0.142. The van der Waals surface area contributed by atoms with Crippen LogP contribution in [-0.4, -0.2) is 36.6 Å². The largest absolute Gasteiger partial charge is 0.486 e. The normalized spacial score (nSPS) is 14.2. The molecule has 2 heterocycles. The van der Waals surface area contributed by atoms with Crippen LogP contribution in [0.15, 0.2) is 45.6 Å². The van der Waals surface area contributed by atoms with Gasteiger partial charge in [0.25, 0.3) is 5.91 Å². The van der Waals surface area contributed by atoms with E-state index in [0.717, 1.165) is 0 Å². The van der Waals surface area contributed by atoms with Crippen molar-refractivity contribution in [1.82, 2.24) is 4.90 Å². The van der Waals surface area contributed by atoms with Gasteiger partial charge in [0, 0.05) is 6.07 Å². The number of carbonyl (C=O) groups is 1. The van der Waals surface area contributed by atoms with Gasteiger partial charge in [-0.05, 0) is 30.5 Å². The van der Waals surface area contributed by atoms with E-state index in [1.54, 1.807) is 17.9 Å². The second kappa shape index (κ2) is 7.64. The Bertz CT molecular complexity index is 819. The van der Waals surface area contributed by atoms with Gasteiger partial charge in [-0.15, -0.1) is 0 Å². The number of benzene rings is 1. The van der Waals surface area contributed by atoms with Gasteiger partial charge < -0.3 is 18.8 Å². The summed E-state index contributed by atoms with van der Waals surface area (Å²) in [6, 6.07) is 10.8. The van der Waals surface area contributed by atoms with E-state index in [0.29, 0.717) is 36.3 Å². The molecule has 0 saturated carbocycles. The molecule has 1 aliphatic rings. The summed E-state index contributed by atoms with van der Waals surface area (Å²) in [4.78, 5) is 25.2. The molecule has 6 heteroatoms. The van der Waals surface area contributed by atoms with Gasteiger partial charge in [-0.2, -0.15) is 0 Å². The predicted octanol–water partition coefficient (Wildman–Crippen LogP) is 2.74. The van der Waals surface area contributed by atoms with Gasteiger partial charge in [0.1, 0.15) is 23.4 Å². The molecule has 1 amide bonds. The minimum atomic E-state index is -0.441. The molecule has 1 aromatic heterocycles. The van der Waals surface area contributed by atoms with Gasteiger partial charge >= 0.3 is 5.63 Å². The maximum Gasteiger partial charge on any atom is 0.339 e. The van der Waals surface area contributed by atoms with Crippen molar-refractivity contribution in [2.75, 3.05) is 19.7 Å². The number of rotatable bonds is 6. The molecule has 0 spiro atoms. The number of hydrogen-bond donors (Lipinski definition) is 0. The SMILES string of the molecule is Cc1cc(OC2CN(C(=O)COc3ccc(C(C)C)cc3)C2)cc(=O)o1. The highest BCUT2D eigenvalue weighted by molar-refractivity contribution is 5.78. The van der Waals surface area contributed by atoms with Gasteiger partial charge in [-0.25, -0.2) is 4.79 Å². The van der Waals surface area contributed by atoms with Crippen LogP contribution in [0.1, 0.15) is 31.1 Å². The maximum atomic E-state index is 12.2. The third kappa shape index (κ3) is 4.45. The van der Waals surface area contributed by atoms with Crippen molar-refractivity contribution in [2.45, 2.75) is 32.8 Å². The Morgan fingerprint density at radius 1 is 1.19 bits per heavy atom. The third-order valence-electron chi connectivity index (χ3n) is 4.28. The van der Waals surface area contributed by atoms with E-state index in [9.17, 15) is 9.59 Å². The van der Waals surface area contributed by atoms with E-state index in [-0.39, 0.29) is 18.6 Å². The first kappa shape index (κ1) is 18.0. The Kier molecular flexibility index (Phi) is 5.30. The second-order valence-corrected chi connectivity index (χ2v) is 6.77. The molecule has 0 bridgehead atoms. The molecule has 1 aliphatic heterocycles. The fraction of sp³-hybridized carbons (Fsp3) is 0.400. The van der Waals surface area contributed by atoms with Crippen LogP contribution in [0.2, 0.25) is 0 Å². The third-order valence-corrected chi connectivity index (χ3v) is 4.28. The van der Waals surface area contributed by atoms with Gasteiger partial charge in [0.05, 0.1) is 19.2 Å². The zero-order valence-electron chi connectivity index (χ0n) is 15.2. The minimum Gasteiger partial charge on any atom is -0.486 e. The molecule has 2 aromatic rings. The van der Waals surface area contributed by atoms with E-state index in [1.165, 1.54) is 11.6 Å². The van der Waals surface area contributed by atoms with Gasteiger partial charge in [-0.3, -0.25) is 4.79 Å². The van der Waals surface area contributed by atoms with Crippen molar-refractivity contribution < 1.29 is 18.7 Å². The van der Waals surface area contributed by atoms with E-state index < -0.39 is 5.63 Å². The minimum absolute atomic E-state index is 0.00176. The zero-order valence-corrected chi connectivity index (χ0v) is 15.2. The van der Waals surface area contributed by atoms with Crippen LogP contribution in [-0.2, 0) is 4.79 Å². The highest BCUT2D eigenvalue weighted by atomic mass is 16.5. The van der Waals surface area contributed by atoms with Crippen molar-refractivity contribution in [2.24, 2.45) is 0 Å². The predicted molar refractivity (Wildman–Crippen MR) is 96.7 cm³/mol. The molecule has 0 atom stereocenters. The molecule has 1 saturated heterocycles. The highest BCUT2D eigenvalue weighted by Gasteiger charge is 2.32. The fourth-order valence-electron chi connectivity index (χ4n) is 2.74. The maximum absolute atomic E-state index is 12.2. The van der Waals surface area contributed by atoms with Crippen LogP contribution in [0.4, 0.5) is 0 Å². The van der Waals surface area contributed by atoms with Crippen LogP contribution in [0.3, 0.4) is 0 Å². The molecular weight excluding hydrogens is 334 g/mol. The Morgan fingerprint density at radius 3 is 2.50 bits per heavy atom. The highest BCUT2D eigenvalue weighted by Crippen LogP contribution is 2.20. The Labute approximate surface area is 152 Å². The molecular formula is C20H23NO5. The van der Waals surface area contributed by atoms with Crippen molar-refractivity contribution in [3.8, 4) is 11.5 Å². The summed E-state index contributed by atoms with van der Waals surface area (Å²) < 4.78 is 16.1. The van der Waals surface area contributed by atoms with Crippen LogP contribution >= 0.6 is 0 Å². The first-order valence-electron chi connectivity index (χ1n) is 8.69. The van der Waals surface area contributed by atoms with E-state index in [1.807, 2.05) is 24.3 Å². The Hall–Kier alpha value is -2.76. The number of amides is 1. The van der Waals surface area contributed by atoms with Crippen molar-refractivity contribution in [3.63, 3.8) is 0 Å². The summed E-state index contributed by atoms with van der Waals surface area (Å²) >= 11 is 0. The Balaban J connectivity index is 1.44. The average Bonchev–Trinajstić information content (AvgIpc) is 2.55. The second-order valence-electron chi connectivity index (χ2n) is 6.77. The molecule has 1 fully saturated rings. The molecule has 138 valence electrons. The van der Waals surface area contributed by atoms with Crippen LogP contribution < -0.4 is 15.1 Å². The molecule has 1 aromatic carbocycles. The van der Waals surface area contributed by atoms with Gasteiger partial charge in [-0.1, -0.05) is 26.0 Å². The van der Waals surface area contributed by atoms with Crippen LogP contribution in [0.5, 0.6) is 11.5 Å². The van der Waals surface area contributed by atoms with E-state index >= 15 is 0 Å². The van der Waals surface area contributed by atoms with E-state index in [4.69, 9.17) is 13.9 Å². The Morgan fingerprint density at radius 2 is 1.88 bits per heavy atom. The summed E-state index contributed by atoms with van der Waals surface area (Å²) in [6.07, 6.45) is -0.120. The summed E-state index contributed by atoms with van der Waals surface area (Å²) in [5, 5.41) is 0. The molecule has 0 N–H and O–H groups in total. The average molecular weight is 357 g/mol. The molecule has 6 nitrogen and oxygen atoms in total. The molecule has 0 unspecified atom stereocenters. The van der Waals surface area contributed by atoms with Crippen LogP contribution in [0, 0.1) is 6.92 Å².